The summed E-state index contributed by atoms with van der Waals surface area (Å²) in [4.78, 5) is 0. The molecule has 0 aliphatic rings. The minimum atomic E-state index is -3.26. The van der Waals surface area contributed by atoms with Crippen molar-refractivity contribution >= 4 is 10.0 Å². The third-order valence-corrected chi connectivity index (χ3v) is 3.72. The third kappa shape index (κ3) is 4.30. The summed E-state index contributed by atoms with van der Waals surface area (Å²) >= 11 is 0. The first-order valence-corrected chi connectivity index (χ1v) is 6.87. The van der Waals surface area contributed by atoms with Crippen LogP contribution in [-0.2, 0) is 16.4 Å². The molecule has 0 radical (unpaired) electrons. The van der Waals surface area contributed by atoms with Crippen molar-refractivity contribution in [2.45, 2.75) is 19.4 Å². The second-order valence-corrected chi connectivity index (χ2v) is 5.63. The molecule has 5 heteroatoms. The lowest BCUT2D eigenvalue weighted by Gasteiger charge is -2.15. The van der Waals surface area contributed by atoms with E-state index in [9.17, 15) is 8.42 Å². The van der Waals surface area contributed by atoms with Gasteiger partial charge in [0, 0.05) is 6.04 Å². The fourth-order valence-corrected chi connectivity index (χ4v) is 2.21. The Morgan fingerprint density at radius 3 is 2.44 bits per heavy atom. The minimum Gasteiger partial charge on any atom is -0.395 e. The molecular weight excluding hydrogens is 226 g/mol. The largest absolute Gasteiger partial charge is 0.395 e. The molecule has 0 spiro atoms. The lowest BCUT2D eigenvalue weighted by Crippen LogP contribution is -2.39. The van der Waals surface area contributed by atoms with Crippen molar-refractivity contribution in [1.82, 2.24) is 4.72 Å². The summed E-state index contributed by atoms with van der Waals surface area (Å²) < 4.78 is 25.1. The molecule has 4 nitrogen and oxygen atoms in total. The summed E-state index contributed by atoms with van der Waals surface area (Å²) in [7, 11) is -3.26. The van der Waals surface area contributed by atoms with Gasteiger partial charge in [-0.15, -0.1) is 0 Å². The highest BCUT2D eigenvalue weighted by Crippen LogP contribution is 2.03. The van der Waals surface area contributed by atoms with Gasteiger partial charge in [0.05, 0.1) is 12.4 Å². The van der Waals surface area contributed by atoms with Gasteiger partial charge >= 0.3 is 0 Å². The van der Waals surface area contributed by atoms with Crippen LogP contribution in [0.2, 0.25) is 0 Å². The number of hydrogen-bond donors (Lipinski definition) is 2. The van der Waals surface area contributed by atoms with Crippen molar-refractivity contribution in [3.8, 4) is 0 Å². The average Bonchev–Trinajstić information content (AvgIpc) is 2.29. The van der Waals surface area contributed by atoms with E-state index in [1.807, 2.05) is 30.3 Å². The molecule has 90 valence electrons. The topological polar surface area (TPSA) is 66.4 Å². The van der Waals surface area contributed by atoms with Gasteiger partial charge in [0.25, 0.3) is 0 Å². The van der Waals surface area contributed by atoms with Crippen LogP contribution in [-0.4, -0.2) is 31.9 Å². The molecule has 0 bridgehead atoms. The predicted octanol–water partition coefficient (Wildman–Crippen LogP) is 0.529. The molecule has 0 aliphatic carbocycles. The van der Waals surface area contributed by atoms with E-state index in [4.69, 9.17) is 5.11 Å². The summed E-state index contributed by atoms with van der Waals surface area (Å²) in [6.45, 7) is 1.37. The molecule has 0 amide bonds. The van der Waals surface area contributed by atoms with Crippen LogP contribution in [0.3, 0.4) is 0 Å². The molecule has 0 heterocycles. The summed E-state index contributed by atoms with van der Waals surface area (Å²) in [5, 5.41) is 9.12. The Balaban J connectivity index is 2.63. The monoisotopic (exact) mass is 243 g/mol. The van der Waals surface area contributed by atoms with E-state index in [0.717, 1.165) is 5.56 Å². The number of aliphatic hydroxyl groups is 1. The van der Waals surface area contributed by atoms with Crippen LogP contribution >= 0.6 is 0 Å². The zero-order valence-electron chi connectivity index (χ0n) is 9.26. The summed E-state index contributed by atoms with van der Waals surface area (Å²) in [6, 6.07) is 9.03. The van der Waals surface area contributed by atoms with Crippen molar-refractivity contribution in [2.75, 3.05) is 12.4 Å². The lowest BCUT2D eigenvalue weighted by molar-refractivity contribution is 0.256. The Morgan fingerprint density at radius 2 is 1.94 bits per heavy atom. The fourth-order valence-electron chi connectivity index (χ4n) is 1.38. The van der Waals surface area contributed by atoms with Crippen molar-refractivity contribution in [3.05, 3.63) is 35.9 Å². The van der Waals surface area contributed by atoms with Crippen LogP contribution in [0.4, 0.5) is 0 Å². The maximum absolute atomic E-state index is 11.3. The van der Waals surface area contributed by atoms with E-state index in [0.29, 0.717) is 6.42 Å². The van der Waals surface area contributed by atoms with E-state index in [1.54, 1.807) is 6.92 Å². The summed E-state index contributed by atoms with van der Waals surface area (Å²) in [5.41, 5.74) is 1.00. The number of hydrogen-bond acceptors (Lipinski definition) is 3. The standard InChI is InChI=1S/C11H17NO3S/c1-2-16(14,15)12-11(9-13)8-10-6-4-3-5-7-10/h3-7,11-13H,2,8-9H2,1H3. The smallest absolute Gasteiger partial charge is 0.211 e. The molecule has 0 saturated heterocycles. The SMILES string of the molecule is CCS(=O)(=O)NC(CO)Cc1ccccc1. The Labute approximate surface area is 96.4 Å². The van der Waals surface area contributed by atoms with Crippen molar-refractivity contribution in [1.29, 1.82) is 0 Å². The second-order valence-electron chi connectivity index (χ2n) is 3.59. The quantitative estimate of drug-likeness (QED) is 0.766. The van der Waals surface area contributed by atoms with Crippen LogP contribution in [0.1, 0.15) is 12.5 Å². The number of benzene rings is 1. The number of sulfonamides is 1. The third-order valence-electron chi connectivity index (χ3n) is 2.27. The van der Waals surface area contributed by atoms with Gasteiger partial charge in [-0.05, 0) is 18.9 Å². The highest BCUT2D eigenvalue weighted by molar-refractivity contribution is 7.89. The average molecular weight is 243 g/mol. The van der Waals surface area contributed by atoms with E-state index in [-0.39, 0.29) is 12.4 Å². The van der Waals surface area contributed by atoms with Crippen LogP contribution in [0.15, 0.2) is 30.3 Å². The molecule has 1 unspecified atom stereocenters. The predicted molar refractivity (Wildman–Crippen MR) is 63.6 cm³/mol. The summed E-state index contributed by atoms with van der Waals surface area (Å²) in [5.74, 6) is 0.0261. The zero-order chi connectivity index (χ0) is 12.0. The van der Waals surface area contributed by atoms with E-state index >= 15 is 0 Å². The lowest BCUT2D eigenvalue weighted by atomic mass is 10.1. The molecule has 0 saturated carbocycles. The van der Waals surface area contributed by atoms with Crippen molar-refractivity contribution in [3.63, 3.8) is 0 Å². The molecule has 1 atom stereocenters. The minimum absolute atomic E-state index is 0.0261. The van der Waals surface area contributed by atoms with Crippen LogP contribution in [0.5, 0.6) is 0 Å². The molecule has 0 aromatic heterocycles. The summed E-state index contributed by atoms with van der Waals surface area (Å²) in [6.07, 6.45) is 0.497. The zero-order valence-corrected chi connectivity index (χ0v) is 10.1. The first-order chi connectivity index (χ1) is 7.57. The van der Waals surface area contributed by atoms with Crippen molar-refractivity contribution in [2.24, 2.45) is 0 Å². The molecule has 1 rings (SSSR count). The van der Waals surface area contributed by atoms with E-state index < -0.39 is 16.1 Å². The van der Waals surface area contributed by atoms with Gasteiger partial charge in [0.2, 0.25) is 10.0 Å². The highest BCUT2D eigenvalue weighted by atomic mass is 32.2. The molecule has 1 aromatic rings. The van der Waals surface area contributed by atoms with E-state index in [1.165, 1.54) is 0 Å². The van der Waals surface area contributed by atoms with Gasteiger partial charge in [0.1, 0.15) is 0 Å². The van der Waals surface area contributed by atoms with E-state index in [2.05, 4.69) is 4.72 Å². The van der Waals surface area contributed by atoms with Gasteiger partial charge in [-0.3, -0.25) is 0 Å². The first kappa shape index (κ1) is 13.2. The van der Waals surface area contributed by atoms with Gasteiger partial charge in [-0.25, -0.2) is 13.1 Å². The van der Waals surface area contributed by atoms with Gasteiger partial charge in [-0.1, -0.05) is 30.3 Å². The van der Waals surface area contributed by atoms with Gasteiger partial charge in [0.15, 0.2) is 0 Å². The number of aliphatic hydroxyl groups excluding tert-OH is 1. The fraction of sp³-hybridized carbons (Fsp3) is 0.455. The molecule has 0 fully saturated rings. The Bertz CT molecular complexity index is 402. The molecule has 2 N–H and O–H groups in total. The van der Waals surface area contributed by atoms with Crippen LogP contribution < -0.4 is 4.72 Å². The first-order valence-electron chi connectivity index (χ1n) is 5.22. The van der Waals surface area contributed by atoms with Crippen LogP contribution in [0, 0.1) is 0 Å². The molecule has 0 aliphatic heterocycles. The Morgan fingerprint density at radius 1 is 1.31 bits per heavy atom. The molecular formula is C11H17NO3S. The Hall–Kier alpha value is -0.910. The van der Waals surface area contributed by atoms with Crippen molar-refractivity contribution < 1.29 is 13.5 Å². The maximum atomic E-state index is 11.3. The number of rotatable bonds is 6. The van der Waals surface area contributed by atoms with Gasteiger partial charge < -0.3 is 5.11 Å². The normalized spacial score (nSPS) is 13.6. The van der Waals surface area contributed by atoms with Crippen LogP contribution in [0.25, 0.3) is 0 Å². The highest BCUT2D eigenvalue weighted by Gasteiger charge is 2.15. The maximum Gasteiger partial charge on any atom is 0.211 e. The molecule has 16 heavy (non-hydrogen) atoms. The second kappa shape index (κ2) is 5.98. The van der Waals surface area contributed by atoms with Gasteiger partial charge in [-0.2, -0.15) is 0 Å². The Kier molecular flexibility index (Phi) is 4.92. The molecule has 1 aromatic carbocycles. The number of nitrogens with one attached hydrogen (secondary N) is 1.